The monoisotopic (exact) mass is 583 g/mol. The van der Waals surface area contributed by atoms with E-state index < -0.39 is 0 Å². The number of fused-ring (bicyclic) bond motifs is 2. The highest BCUT2D eigenvalue weighted by Crippen LogP contribution is 2.40. The normalized spacial score (nSPS) is 15.8. The maximum atomic E-state index is 13.6. The Morgan fingerprint density at radius 3 is 2.57 bits per heavy atom. The molecule has 1 saturated heterocycles. The minimum atomic E-state index is -0.282. The number of aromatic nitrogens is 5. The lowest BCUT2D eigenvalue weighted by Crippen LogP contribution is -2.42. The molecule has 1 aliphatic carbocycles. The molecule has 9 heteroatoms. The number of aromatic amines is 1. The Morgan fingerprint density at radius 2 is 1.77 bits per heavy atom. The average molecular weight is 584 g/mol. The number of benzene rings is 3. The minimum Gasteiger partial charge on any atom is -0.392 e. The fourth-order valence-corrected chi connectivity index (χ4v) is 6.40. The first-order valence-electron chi connectivity index (χ1n) is 15.3. The molecule has 3 aromatic heterocycles. The van der Waals surface area contributed by atoms with Crippen molar-refractivity contribution >= 4 is 21.8 Å². The van der Waals surface area contributed by atoms with Crippen molar-refractivity contribution in [2.24, 2.45) is 0 Å². The minimum absolute atomic E-state index is 0.214. The van der Waals surface area contributed by atoms with Gasteiger partial charge in [0.2, 0.25) is 0 Å². The highest BCUT2D eigenvalue weighted by molar-refractivity contribution is 5.95. The first-order chi connectivity index (χ1) is 21.7. The number of hydrogen-bond acceptors (Lipinski definition) is 7. The lowest BCUT2D eigenvalue weighted by molar-refractivity contribution is 0.233. The van der Waals surface area contributed by atoms with Gasteiger partial charge in [0.05, 0.1) is 29.6 Å². The lowest BCUT2D eigenvalue weighted by Gasteiger charge is -2.27. The van der Waals surface area contributed by atoms with Crippen molar-refractivity contribution < 1.29 is 5.11 Å². The van der Waals surface area contributed by atoms with Gasteiger partial charge < -0.3 is 15.4 Å². The SMILES string of the molecule is O=c1c2ccc(C3CC3)cc2cnn1-c1cccc(-c2ncnc3[nH]c(-c4ccc(CN5CCNCC5)cc4)cc23)c1CO. The summed E-state index contributed by atoms with van der Waals surface area (Å²) in [7, 11) is 0. The van der Waals surface area contributed by atoms with Gasteiger partial charge in [0.25, 0.3) is 5.56 Å². The number of hydrogen-bond donors (Lipinski definition) is 3. The van der Waals surface area contributed by atoms with E-state index in [1.165, 1.54) is 35.0 Å². The fraction of sp³-hybridized carbons (Fsp3) is 0.257. The van der Waals surface area contributed by atoms with Crippen LogP contribution in [0.2, 0.25) is 0 Å². The molecule has 0 unspecified atom stereocenters. The van der Waals surface area contributed by atoms with Crippen LogP contribution in [0.1, 0.15) is 35.4 Å². The average Bonchev–Trinajstić information content (AvgIpc) is 3.83. The summed E-state index contributed by atoms with van der Waals surface area (Å²) in [5.41, 5.74) is 7.57. The Bertz CT molecular complexity index is 2050. The number of aliphatic hydroxyl groups is 1. The molecule has 220 valence electrons. The van der Waals surface area contributed by atoms with Gasteiger partial charge in [0.15, 0.2) is 0 Å². The van der Waals surface area contributed by atoms with Crippen LogP contribution in [0, 0.1) is 0 Å². The zero-order chi connectivity index (χ0) is 29.6. The summed E-state index contributed by atoms with van der Waals surface area (Å²) in [5.74, 6) is 0.597. The molecule has 0 radical (unpaired) electrons. The largest absolute Gasteiger partial charge is 0.392 e. The Labute approximate surface area is 254 Å². The summed E-state index contributed by atoms with van der Waals surface area (Å²) in [6.45, 7) is 4.86. The van der Waals surface area contributed by atoms with Crippen molar-refractivity contribution in [3.05, 3.63) is 106 Å². The van der Waals surface area contributed by atoms with Crippen LogP contribution in [0.25, 0.3) is 50.0 Å². The Morgan fingerprint density at radius 1 is 0.932 bits per heavy atom. The third-order valence-corrected chi connectivity index (χ3v) is 8.96. The van der Waals surface area contributed by atoms with Crippen molar-refractivity contribution in [1.82, 2.24) is 34.9 Å². The molecular weight excluding hydrogens is 550 g/mol. The van der Waals surface area contributed by atoms with Gasteiger partial charge in [-0.05, 0) is 59.7 Å². The number of H-pyrrole nitrogens is 1. The molecule has 1 saturated carbocycles. The van der Waals surface area contributed by atoms with E-state index in [1.807, 2.05) is 24.3 Å². The van der Waals surface area contributed by atoms with Crippen LogP contribution in [0.5, 0.6) is 0 Å². The van der Waals surface area contributed by atoms with Crippen molar-refractivity contribution in [1.29, 1.82) is 0 Å². The van der Waals surface area contributed by atoms with Crippen molar-refractivity contribution in [2.75, 3.05) is 26.2 Å². The van der Waals surface area contributed by atoms with Gasteiger partial charge in [-0.1, -0.05) is 42.5 Å². The summed E-state index contributed by atoms with van der Waals surface area (Å²) in [6.07, 6.45) is 5.67. The van der Waals surface area contributed by atoms with Crippen LogP contribution in [0.15, 0.2) is 84.0 Å². The van der Waals surface area contributed by atoms with E-state index >= 15 is 0 Å². The molecule has 9 nitrogen and oxygen atoms in total. The Hall–Kier alpha value is -4.70. The Balaban J connectivity index is 1.15. The number of piperazine rings is 1. The maximum absolute atomic E-state index is 13.6. The quantitative estimate of drug-likeness (QED) is 0.248. The van der Waals surface area contributed by atoms with Gasteiger partial charge >= 0.3 is 0 Å². The van der Waals surface area contributed by atoms with E-state index in [2.05, 4.69) is 72.7 Å². The predicted octanol–water partition coefficient (Wildman–Crippen LogP) is 4.77. The molecule has 3 N–H and O–H groups in total. The topological polar surface area (TPSA) is 112 Å². The van der Waals surface area contributed by atoms with Crippen molar-refractivity contribution in [2.45, 2.75) is 31.9 Å². The number of nitrogens with zero attached hydrogens (tertiary/aromatic N) is 5. The molecule has 0 bridgehead atoms. The smallest absolute Gasteiger partial charge is 0.279 e. The van der Waals surface area contributed by atoms with Gasteiger partial charge in [-0.15, -0.1) is 0 Å². The highest BCUT2D eigenvalue weighted by atomic mass is 16.3. The molecule has 6 aromatic rings. The van der Waals surface area contributed by atoms with Crippen LogP contribution in [-0.4, -0.2) is 60.9 Å². The van der Waals surface area contributed by atoms with E-state index in [0.717, 1.165) is 60.3 Å². The summed E-state index contributed by atoms with van der Waals surface area (Å²) in [5, 5.41) is 20.9. The molecule has 2 aliphatic rings. The van der Waals surface area contributed by atoms with Crippen LogP contribution in [0.3, 0.4) is 0 Å². The standard InChI is InChI=1S/C35H33N7O2/c43-20-30-28(2-1-3-32(30)42-35(44)27-11-10-25(23-8-9-23)16-26(27)18-39-42)33-29-17-31(40-34(29)38-21-37-33)24-6-4-22(5-7-24)19-41-14-12-36-13-15-41/h1-7,10-11,16-18,21,23,36,43H,8-9,12-15,19-20H2,(H,37,38,40). The molecule has 0 atom stereocenters. The highest BCUT2D eigenvalue weighted by Gasteiger charge is 2.24. The lowest BCUT2D eigenvalue weighted by atomic mass is 10.00. The summed E-state index contributed by atoms with van der Waals surface area (Å²) < 4.78 is 1.39. The van der Waals surface area contributed by atoms with E-state index in [0.29, 0.717) is 33.9 Å². The first-order valence-corrected chi connectivity index (χ1v) is 15.3. The summed E-state index contributed by atoms with van der Waals surface area (Å²) in [6, 6.07) is 22.3. The van der Waals surface area contributed by atoms with E-state index in [1.54, 1.807) is 6.20 Å². The van der Waals surface area contributed by atoms with Crippen molar-refractivity contribution in [3.8, 4) is 28.2 Å². The molecule has 2 fully saturated rings. The number of rotatable bonds is 7. The molecule has 44 heavy (non-hydrogen) atoms. The van der Waals surface area contributed by atoms with Gasteiger partial charge in [-0.2, -0.15) is 9.78 Å². The molecule has 0 spiro atoms. The first kappa shape index (κ1) is 26.9. The zero-order valence-corrected chi connectivity index (χ0v) is 24.3. The van der Waals surface area contributed by atoms with Crippen LogP contribution >= 0.6 is 0 Å². The van der Waals surface area contributed by atoms with Gasteiger partial charge in [-0.25, -0.2) is 9.97 Å². The number of nitrogens with one attached hydrogen (secondary N) is 2. The fourth-order valence-electron chi connectivity index (χ4n) is 6.40. The van der Waals surface area contributed by atoms with Gasteiger partial charge in [0, 0.05) is 60.3 Å². The van der Waals surface area contributed by atoms with Crippen LogP contribution in [-0.2, 0) is 13.2 Å². The zero-order valence-electron chi connectivity index (χ0n) is 24.3. The second kappa shape index (κ2) is 11.1. The van der Waals surface area contributed by atoms with E-state index in [-0.39, 0.29) is 12.2 Å². The van der Waals surface area contributed by atoms with Crippen molar-refractivity contribution in [3.63, 3.8) is 0 Å². The molecule has 4 heterocycles. The predicted molar refractivity (Wildman–Crippen MR) is 172 cm³/mol. The molecule has 1 aliphatic heterocycles. The van der Waals surface area contributed by atoms with E-state index in [9.17, 15) is 9.90 Å². The summed E-state index contributed by atoms with van der Waals surface area (Å²) in [4.78, 5) is 28.7. The van der Waals surface area contributed by atoms with Crippen LogP contribution in [0.4, 0.5) is 0 Å². The second-order valence-electron chi connectivity index (χ2n) is 11.8. The Kier molecular flexibility index (Phi) is 6.78. The molecular formula is C35H33N7O2. The van der Waals surface area contributed by atoms with Gasteiger partial charge in [-0.3, -0.25) is 9.69 Å². The maximum Gasteiger partial charge on any atom is 0.279 e. The van der Waals surface area contributed by atoms with Crippen LogP contribution < -0.4 is 10.9 Å². The second-order valence-corrected chi connectivity index (χ2v) is 11.8. The summed E-state index contributed by atoms with van der Waals surface area (Å²) >= 11 is 0. The number of aliphatic hydroxyl groups excluding tert-OH is 1. The molecule has 8 rings (SSSR count). The van der Waals surface area contributed by atoms with Gasteiger partial charge in [0.1, 0.15) is 12.0 Å². The molecule has 3 aromatic carbocycles. The van der Waals surface area contributed by atoms with E-state index in [4.69, 9.17) is 0 Å². The third-order valence-electron chi connectivity index (χ3n) is 8.96. The molecule has 0 amide bonds. The third kappa shape index (κ3) is 4.89.